The van der Waals surface area contributed by atoms with Crippen molar-refractivity contribution in [2.45, 2.75) is 318 Å². The summed E-state index contributed by atoms with van der Waals surface area (Å²) < 4.78 is 67.9. The first-order valence-electron chi connectivity index (χ1n) is 32.8. The minimum Gasteiger partial charge on any atom is -0.462 e. The predicted molar refractivity (Wildman–Crippen MR) is 326 cm³/mol. The first kappa shape index (κ1) is 80.1. The average molecular weight is 1210 g/mol. The number of carbonyl (C=O) groups excluding carboxylic acids is 4. The quantitative estimate of drug-likeness (QED) is 0.0222. The fourth-order valence-corrected chi connectivity index (χ4v) is 10.7. The fourth-order valence-electron chi connectivity index (χ4n) is 9.16. The Hall–Kier alpha value is -1.94. The Labute approximate surface area is 498 Å². The summed E-state index contributed by atoms with van der Waals surface area (Å²) in [6, 6.07) is 0. The van der Waals surface area contributed by atoms with Crippen molar-refractivity contribution in [2.24, 2.45) is 23.7 Å². The van der Waals surface area contributed by atoms with E-state index in [9.17, 15) is 43.2 Å². The maximum Gasteiger partial charge on any atom is 0.472 e. The van der Waals surface area contributed by atoms with Gasteiger partial charge in [0, 0.05) is 25.7 Å². The largest absolute Gasteiger partial charge is 0.472 e. The van der Waals surface area contributed by atoms with Gasteiger partial charge in [-0.15, -0.1) is 0 Å². The summed E-state index contributed by atoms with van der Waals surface area (Å²) in [6.07, 6.45) is 32.2. The van der Waals surface area contributed by atoms with Crippen molar-refractivity contribution in [2.75, 3.05) is 39.6 Å². The molecule has 8 atom stereocenters. The van der Waals surface area contributed by atoms with Gasteiger partial charge in [0.1, 0.15) is 19.3 Å². The highest BCUT2D eigenvalue weighted by Gasteiger charge is 2.30. The number of rotatable bonds is 60. The van der Waals surface area contributed by atoms with Crippen molar-refractivity contribution in [3.8, 4) is 0 Å². The van der Waals surface area contributed by atoms with Gasteiger partial charge in [0.15, 0.2) is 12.2 Å². The Morgan fingerprint density at radius 2 is 0.585 bits per heavy atom. The SMILES string of the molecule is CCC(C)CCCCCCCCCCC(=O)O[C@H](COC(=O)CCCCCCCCCC(C)C)COP(=O)(O)OCC(O)COP(=O)(O)OC[C@@H](COC(=O)CCCCCCCCC(C)CC)OC(=O)CCCCCCCCC(C)CC. The molecule has 0 aliphatic heterocycles. The van der Waals surface area contributed by atoms with E-state index in [2.05, 4.69) is 55.4 Å². The molecule has 0 aromatic heterocycles. The normalized spacial score (nSPS) is 15.5. The summed E-state index contributed by atoms with van der Waals surface area (Å²) in [5, 5.41) is 10.5. The maximum absolute atomic E-state index is 13.0. The molecule has 0 rings (SSSR count). The Balaban J connectivity index is 5.27. The van der Waals surface area contributed by atoms with Crippen LogP contribution in [-0.2, 0) is 65.4 Å². The third-order valence-electron chi connectivity index (χ3n) is 15.4. The zero-order chi connectivity index (χ0) is 61.1. The summed E-state index contributed by atoms with van der Waals surface area (Å²) in [5.41, 5.74) is 0. The van der Waals surface area contributed by atoms with Crippen molar-refractivity contribution in [1.29, 1.82) is 0 Å². The summed E-state index contributed by atoms with van der Waals surface area (Å²) in [5.74, 6) is 0.781. The number of carbonyl (C=O) groups is 4. The van der Waals surface area contributed by atoms with Gasteiger partial charge in [0.05, 0.1) is 26.4 Å². The Morgan fingerprint density at radius 1 is 0.341 bits per heavy atom. The van der Waals surface area contributed by atoms with Gasteiger partial charge < -0.3 is 33.8 Å². The molecule has 0 aromatic carbocycles. The van der Waals surface area contributed by atoms with Gasteiger partial charge in [-0.25, -0.2) is 9.13 Å². The van der Waals surface area contributed by atoms with Crippen LogP contribution in [0.15, 0.2) is 0 Å². The van der Waals surface area contributed by atoms with Gasteiger partial charge in [0.25, 0.3) is 0 Å². The summed E-state index contributed by atoms with van der Waals surface area (Å²) in [6.45, 7) is 13.9. The van der Waals surface area contributed by atoms with Gasteiger partial charge in [-0.2, -0.15) is 0 Å². The van der Waals surface area contributed by atoms with Crippen molar-refractivity contribution >= 4 is 39.5 Å². The summed E-state index contributed by atoms with van der Waals surface area (Å²) >= 11 is 0. The molecule has 0 heterocycles. The Kier molecular flexibility index (Phi) is 52.0. The molecule has 0 aliphatic carbocycles. The van der Waals surface area contributed by atoms with E-state index in [1.807, 2.05) is 0 Å². The third-order valence-corrected chi connectivity index (χ3v) is 17.3. The standard InChI is InChI=1S/C63H122O17P2/c1-9-54(6)40-32-24-16-12-13-17-29-37-45-62(67)79-58(49-73-60(65)43-35-27-18-14-15-23-31-39-53(4)5)51-77-81(69,70)75-47-57(64)48-76-82(71,72)78-52-59(80-63(68)46-38-30-22-20-26-34-42-56(8)11-3)50-74-61(66)44-36-28-21-19-25-33-41-55(7)10-2/h53-59,64H,9-52H2,1-8H3,(H,69,70)(H,71,72)/t54?,55?,56?,57?,58-,59-/m1/s1. The molecular formula is C63H122O17P2. The van der Waals surface area contributed by atoms with Crippen molar-refractivity contribution in [3.05, 3.63) is 0 Å². The molecule has 0 saturated heterocycles. The predicted octanol–water partition coefficient (Wildman–Crippen LogP) is 17.0. The van der Waals surface area contributed by atoms with Gasteiger partial charge in [0.2, 0.25) is 0 Å². The molecule has 0 aliphatic rings. The van der Waals surface area contributed by atoms with Crippen molar-refractivity contribution < 1.29 is 80.2 Å². The van der Waals surface area contributed by atoms with E-state index in [1.165, 1.54) is 89.9 Å². The molecule has 3 N–H and O–H groups in total. The number of hydrogen-bond acceptors (Lipinski definition) is 15. The van der Waals surface area contributed by atoms with Gasteiger partial charge in [-0.05, 0) is 49.4 Å². The van der Waals surface area contributed by atoms with Gasteiger partial charge >= 0.3 is 39.5 Å². The molecule has 82 heavy (non-hydrogen) atoms. The summed E-state index contributed by atoms with van der Waals surface area (Å²) in [7, 11) is -9.89. The highest BCUT2D eigenvalue weighted by Crippen LogP contribution is 2.45. The number of hydrogen-bond donors (Lipinski definition) is 3. The van der Waals surface area contributed by atoms with E-state index in [4.69, 9.17) is 37.0 Å². The minimum atomic E-state index is -4.94. The number of aliphatic hydroxyl groups excluding tert-OH is 1. The molecule has 0 spiro atoms. The van der Waals surface area contributed by atoms with Gasteiger partial charge in [-0.3, -0.25) is 37.3 Å². The van der Waals surface area contributed by atoms with Crippen molar-refractivity contribution in [1.82, 2.24) is 0 Å². The second kappa shape index (κ2) is 53.3. The van der Waals surface area contributed by atoms with Crippen LogP contribution < -0.4 is 0 Å². The van der Waals surface area contributed by atoms with Crippen LogP contribution in [0.5, 0.6) is 0 Å². The number of phosphoric ester groups is 2. The minimum absolute atomic E-state index is 0.101. The van der Waals surface area contributed by atoms with Crippen molar-refractivity contribution in [3.63, 3.8) is 0 Å². The molecule has 486 valence electrons. The molecule has 0 saturated carbocycles. The zero-order valence-electron chi connectivity index (χ0n) is 53.1. The van der Waals surface area contributed by atoms with E-state index in [-0.39, 0.29) is 25.7 Å². The lowest BCUT2D eigenvalue weighted by Crippen LogP contribution is -2.30. The van der Waals surface area contributed by atoms with Crippen LogP contribution in [0.3, 0.4) is 0 Å². The maximum atomic E-state index is 13.0. The lowest BCUT2D eigenvalue weighted by molar-refractivity contribution is -0.161. The molecule has 0 bridgehead atoms. The molecule has 0 radical (unpaired) electrons. The van der Waals surface area contributed by atoms with E-state index in [0.717, 1.165) is 120 Å². The lowest BCUT2D eigenvalue weighted by atomic mass is 9.99. The second-order valence-electron chi connectivity index (χ2n) is 24.0. The van der Waals surface area contributed by atoms with E-state index in [1.54, 1.807) is 0 Å². The zero-order valence-corrected chi connectivity index (χ0v) is 54.9. The van der Waals surface area contributed by atoms with Gasteiger partial charge in [-0.1, -0.05) is 248 Å². The molecule has 17 nitrogen and oxygen atoms in total. The van der Waals surface area contributed by atoms with E-state index < -0.39 is 97.5 Å². The smallest absolute Gasteiger partial charge is 0.462 e. The third kappa shape index (κ3) is 53.5. The van der Waals surface area contributed by atoms with Crippen LogP contribution in [-0.4, -0.2) is 96.7 Å². The van der Waals surface area contributed by atoms with Crippen LogP contribution in [0.4, 0.5) is 0 Å². The molecule has 0 amide bonds. The average Bonchev–Trinajstić information content (AvgIpc) is 3.44. The fraction of sp³-hybridized carbons (Fsp3) is 0.937. The highest BCUT2D eigenvalue weighted by molar-refractivity contribution is 7.47. The monoisotopic (exact) mass is 1210 g/mol. The van der Waals surface area contributed by atoms with E-state index >= 15 is 0 Å². The first-order chi connectivity index (χ1) is 39.2. The Morgan fingerprint density at radius 3 is 0.866 bits per heavy atom. The number of ether oxygens (including phenoxy) is 4. The molecular weight excluding hydrogens is 1090 g/mol. The lowest BCUT2D eigenvalue weighted by Gasteiger charge is -2.21. The van der Waals surface area contributed by atoms with Crippen LogP contribution in [0.2, 0.25) is 0 Å². The summed E-state index contributed by atoms with van der Waals surface area (Å²) in [4.78, 5) is 72.1. The molecule has 0 fully saturated rings. The van der Waals surface area contributed by atoms with Crippen LogP contribution in [0.25, 0.3) is 0 Å². The number of esters is 4. The van der Waals surface area contributed by atoms with E-state index in [0.29, 0.717) is 31.6 Å². The number of unbranched alkanes of at least 4 members (excludes halogenated alkanes) is 23. The molecule has 19 heteroatoms. The molecule has 0 aromatic rings. The second-order valence-corrected chi connectivity index (χ2v) is 26.9. The highest BCUT2D eigenvalue weighted by atomic mass is 31.2. The van der Waals surface area contributed by atoms with Crippen LogP contribution in [0.1, 0.15) is 299 Å². The van der Waals surface area contributed by atoms with Crippen LogP contribution >= 0.6 is 15.6 Å². The number of phosphoric acid groups is 2. The van der Waals surface area contributed by atoms with Crippen LogP contribution in [0, 0.1) is 23.7 Å². The first-order valence-corrected chi connectivity index (χ1v) is 35.8. The topological polar surface area (TPSA) is 237 Å². The Bertz CT molecular complexity index is 1650. The number of aliphatic hydroxyl groups is 1. The molecule has 6 unspecified atom stereocenters.